The Morgan fingerprint density at radius 2 is 1.72 bits per heavy atom. The van der Waals surface area contributed by atoms with E-state index < -0.39 is 19.5 Å². The van der Waals surface area contributed by atoms with Crippen LogP contribution >= 0.6 is 0 Å². The third-order valence-electron chi connectivity index (χ3n) is 3.77. The van der Waals surface area contributed by atoms with Gasteiger partial charge in [0.2, 0.25) is 0 Å². The highest BCUT2D eigenvalue weighted by molar-refractivity contribution is 6.69. The lowest BCUT2D eigenvalue weighted by Crippen LogP contribution is -2.41. The van der Waals surface area contributed by atoms with Gasteiger partial charge in [-0.2, -0.15) is 0 Å². The van der Waals surface area contributed by atoms with Crippen LogP contribution in [-0.4, -0.2) is 19.0 Å². The lowest BCUT2D eigenvalue weighted by Gasteiger charge is -2.33. The van der Waals surface area contributed by atoms with Gasteiger partial charge in [0.05, 0.1) is 5.60 Å². The Morgan fingerprint density at radius 3 is 2.17 bits per heavy atom. The number of hydrogen-bond donors (Lipinski definition) is 1. The van der Waals surface area contributed by atoms with Crippen molar-refractivity contribution in [3.8, 4) is 0 Å². The number of rotatable bonds is 4. The average Bonchev–Trinajstić information content (AvgIpc) is 2.85. The molecule has 2 rings (SSSR count). The fourth-order valence-corrected chi connectivity index (χ4v) is 4.43. The van der Waals surface area contributed by atoms with Gasteiger partial charge in [-0.05, 0) is 31.1 Å². The molecule has 2 nitrogen and oxygen atoms in total. The summed E-state index contributed by atoms with van der Waals surface area (Å²) in [5, 5.41) is 10.9. The molecule has 100 valence electrons. The molecule has 1 aliphatic carbocycles. The summed E-state index contributed by atoms with van der Waals surface area (Å²) in [6.07, 6.45) is 0.714. The highest BCUT2D eigenvalue weighted by Crippen LogP contribution is 2.62. The zero-order chi connectivity index (χ0) is 13.6. The van der Waals surface area contributed by atoms with E-state index in [9.17, 15) is 5.11 Å². The second kappa shape index (κ2) is 4.19. The van der Waals surface area contributed by atoms with Crippen molar-refractivity contribution in [2.24, 2.45) is 5.92 Å². The summed E-state index contributed by atoms with van der Waals surface area (Å²) in [7, 11) is -1.67. The average molecular weight is 264 g/mol. The Kier molecular flexibility index (Phi) is 3.20. The van der Waals surface area contributed by atoms with Crippen LogP contribution in [0.25, 0.3) is 0 Å². The molecule has 0 aromatic heterocycles. The summed E-state index contributed by atoms with van der Waals surface area (Å²) in [5.41, 5.74) is -0.210. The maximum absolute atomic E-state index is 10.9. The first-order valence-electron chi connectivity index (χ1n) is 6.69. The molecule has 1 saturated carbocycles. The Hall–Kier alpha value is -0.643. The van der Waals surface area contributed by atoms with E-state index in [1.165, 1.54) is 0 Å². The molecular formula is C15H24O2Si. The Labute approximate surface area is 111 Å². The molecule has 0 bridgehead atoms. The summed E-state index contributed by atoms with van der Waals surface area (Å²) in [6, 6.07) is 9.93. The van der Waals surface area contributed by atoms with E-state index in [-0.39, 0.29) is 0 Å². The van der Waals surface area contributed by atoms with E-state index in [0.29, 0.717) is 12.3 Å². The minimum atomic E-state index is -1.67. The number of aliphatic hydroxyl groups is 1. The van der Waals surface area contributed by atoms with Crippen molar-refractivity contribution in [3.63, 3.8) is 0 Å². The first kappa shape index (κ1) is 13.8. The van der Waals surface area contributed by atoms with Crippen LogP contribution in [0.4, 0.5) is 0 Å². The molecule has 0 amide bonds. The van der Waals surface area contributed by atoms with Gasteiger partial charge < -0.3 is 9.53 Å². The molecule has 18 heavy (non-hydrogen) atoms. The molecular weight excluding hydrogens is 240 g/mol. The Bertz CT molecular complexity index is 424. The van der Waals surface area contributed by atoms with Crippen molar-refractivity contribution in [1.82, 2.24) is 0 Å². The second-order valence-corrected chi connectivity index (χ2v) is 11.1. The smallest absolute Gasteiger partial charge is 0.184 e. The second-order valence-electron chi connectivity index (χ2n) is 6.66. The first-order chi connectivity index (χ1) is 8.21. The van der Waals surface area contributed by atoms with Gasteiger partial charge in [0.15, 0.2) is 8.32 Å². The van der Waals surface area contributed by atoms with Crippen LogP contribution < -0.4 is 0 Å². The molecule has 1 aromatic rings. The lowest BCUT2D eigenvalue weighted by atomic mass is 9.96. The van der Waals surface area contributed by atoms with Crippen molar-refractivity contribution in [3.05, 3.63) is 35.9 Å². The van der Waals surface area contributed by atoms with Crippen LogP contribution in [-0.2, 0) is 10.0 Å². The molecule has 0 saturated heterocycles. The van der Waals surface area contributed by atoms with Gasteiger partial charge in [0.25, 0.3) is 0 Å². The van der Waals surface area contributed by atoms with Crippen molar-refractivity contribution in [1.29, 1.82) is 0 Å². The predicted octanol–water partition coefficient (Wildman–Crippen LogP) is 3.52. The van der Waals surface area contributed by atoms with E-state index in [2.05, 4.69) is 33.5 Å². The van der Waals surface area contributed by atoms with E-state index in [4.69, 9.17) is 4.43 Å². The maximum atomic E-state index is 10.9. The minimum Gasteiger partial charge on any atom is -0.408 e. The summed E-state index contributed by atoms with van der Waals surface area (Å²) in [4.78, 5) is 0. The molecule has 2 unspecified atom stereocenters. The van der Waals surface area contributed by atoms with Gasteiger partial charge >= 0.3 is 0 Å². The quantitative estimate of drug-likeness (QED) is 0.843. The van der Waals surface area contributed by atoms with Gasteiger partial charge in [-0.15, -0.1) is 0 Å². The standard InChI is InChI=1S/C15H24O2Si/c1-12(2)15(17-18(3,4)5)11-14(15,16)13-9-7-6-8-10-13/h6-10,12,16H,11H2,1-5H3. The Balaban J connectivity index is 2.32. The number of benzene rings is 1. The van der Waals surface area contributed by atoms with Crippen molar-refractivity contribution in [2.45, 2.75) is 51.1 Å². The summed E-state index contributed by atoms with van der Waals surface area (Å²) >= 11 is 0. The van der Waals surface area contributed by atoms with E-state index >= 15 is 0 Å². The summed E-state index contributed by atoms with van der Waals surface area (Å²) < 4.78 is 6.36. The van der Waals surface area contributed by atoms with Gasteiger partial charge in [-0.1, -0.05) is 44.2 Å². The molecule has 2 atom stereocenters. The topological polar surface area (TPSA) is 29.5 Å². The minimum absolute atomic E-state index is 0.314. The molecule has 3 heteroatoms. The van der Waals surface area contributed by atoms with Gasteiger partial charge in [-0.3, -0.25) is 0 Å². The van der Waals surface area contributed by atoms with Crippen LogP contribution in [0.2, 0.25) is 19.6 Å². The largest absolute Gasteiger partial charge is 0.408 e. The highest BCUT2D eigenvalue weighted by atomic mass is 28.4. The fraction of sp³-hybridized carbons (Fsp3) is 0.600. The third-order valence-corrected chi connectivity index (χ3v) is 4.74. The predicted molar refractivity (Wildman–Crippen MR) is 77.0 cm³/mol. The van der Waals surface area contributed by atoms with Crippen LogP contribution in [0.15, 0.2) is 30.3 Å². The van der Waals surface area contributed by atoms with Crippen LogP contribution in [0.3, 0.4) is 0 Å². The molecule has 0 spiro atoms. The zero-order valence-corrected chi connectivity index (χ0v) is 13.0. The molecule has 0 radical (unpaired) electrons. The van der Waals surface area contributed by atoms with E-state index in [1.54, 1.807) is 0 Å². The lowest BCUT2D eigenvalue weighted by molar-refractivity contribution is 0.00166. The van der Waals surface area contributed by atoms with Crippen molar-refractivity contribution >= 4 is 8.32 Å². The SMILES string of the molecule is CC(C)C1(O[Si](C)(C)C)CC1(O)c1ccccc1. The van der Waals surface area contributed by atoms with Crippen molar-refractivity contribution in [2.75, 3.05) is 0 Å². The molecule has 1 aromatic carbocycles. The fourth-order valence-electron chi connectivity index (χ4n) is 2.86. The van der Waals surface area contributed by atoms with Crippen LogP contribution in [0.1, 0.15) is 25.8 Å². The van der Waals surface area contributed by atoms with Crippen molar-refractivity contribution < 1.29 is 9.53 Å². The first-order valence-corrected chi connectivity index (χ1v) is 10.1. The van der Waals surface area contributed by atoms with E-state index in [0.717, 1.165) is 5.56 Å². The number of hydrogen-bond acceptors (Lipinski definition) is 2. The summed E-state index contributed by atoms with van der Waals surface area (Å²) in [5.74, 6) is 0.314. The molecule has 1 N–H and O–H groups in total. The summed E-state index contributed by atoms with van der Waals surface area (Å²) in [6.45, 7) is 10.8. The molecule has 0 aliphatic heterocycles. The van der Waals surface area contributed by atoms with Gasteiger partial charge in [-0.25, -0.2) is 0 Å². The highest BCUT2D eigenvalue weighted by Gasteiger charge is 2.71. The van der Waals surface area contributed by atoms with Crippen LogP contribution in [0.5, 0.6) is 0 Å². The van der Waals surface area contributed by atoms with Gasteiger partial charge in [0, 0.05) is 6.42 Å². The molecule has 0 heterocycles. The van der Waals surface area contributed by atoms with Gasteiger partial charge in [0.1, 0.15) is 5.60 Å². The monoisotopic (exact) mass is 264 g/mol. The molecule has 1 aliphatic rings. The van der Waals surface area contributed by atoms with E-state index in [1.807, 2.05) is 30.3 Å². The van der Waals surface area contributed by atoms with Crippen LogP contribution in [0, 0.1) is 5.92 Å². The third kappa shape index (κ3) is 2.15. The Morgan fingerprint density at radius 1 is 1.17 bits per heavy atom. The zero-order valence-electron chi connectivity index (χ0n) is 12.0. The maximum Gasteiger partial charge on any atom is 0.184 e. The normalized spacial score (nSPS) is 31.7. The molecule has 1 fully saturated rings.